The summed E-state index contributed by atoms with van der Waals surface area (Å²) < 4.78 is 7.90. The number of phenolic OH excluding ortho intramolecular Hbond substituents is 1. The molecule has 0 radical (unpaired) electrons. The second-order valence-electron chi connectivity index (χ2n) is 6.87. The molecule has 0 aliphatic rings. The van der Waals surface area contributed by atoms with Gasteiger partial charge in [0.15, 0.2) is 22.5 Å². The van der Waals surface area contributed by atoms with E-state index >= 15 is 0 Å². The van der Waals surface area contributed by atoms with Gasteiger partial charge in [0.1, 0.15) is 0 Å². The SMILES string of the molecule is COc1cc(C=NNC(=O)CSc2nnc(-c3cccnc3)n2-c2ccc(Br)cc2)ccc1O. The van der Waals surface area contributed by atoms with Gasteiger partial charge in [-0.25, -0.2) is 5.43 Å². The number of hydrogen-bond donors (Lipinski definition) is 2. The van der Waals surface area contributed by atoms with Gasteiger partial charge < -0.3 is 9.84 Å². The molecule has 4 aromatic rings. The zero-order valence-electron chi connectivity index (χ0n) is 17.9. The summed E-state index contributed by atoms with van der Waals surface area (Å²) in [5.41, 5.74) is 4.82. The Balaban J connectivity index is 1.48. The van der Waals surface area contributed by atoms with Crippen LogP contribution >= 0.6 is 27.7 Å². The first-order chi connectivity index (χ1) is 16.5. The molecule has 0 saturated carbocycles. The van der Waals surface area contributed by atoms with Crippen molar-refractivity contribution in [3.8, 4) is 28.6 Å². The van der Waals surface area contributed by atoms with Gasteiger partial charge in [-0.05, 0) is 60.2 Å². The van der Waals surface area contributed by atoms with Crippen molar-refractivity contribution in [2.45, 2.75) is 5.16 Å². The number of aromatic hydroxyl groups is 1. The summed E-state index contributed by atoms with van der Waals surface area (Å²) in [6.07, 6.45) is 4.88. The zero-order valence-corrected chi connectivity index (χ0v) is 20.3. The van der Waals surface area contributed by atoms with Crippen LogP contribution in [0.15, 0.2) is 81.7 Å². The van der Waals surface area contributed by atoms with Gasteiger partial charge in [-0.2, -0.15) is 5.10 Å². The molecule has 2 aromatic heterocycles. The zero-order chi connectivity index (χ0) is 23.9. The number of ether oxygens (including phenoxy) is 1. The first kappa shape index (κ1) is 23.5. The van der Waals surface area contributed by atoms with Crippen LogP contribution in [0.2, 0.25) is 0 Å². The van der Waals surface area contributed by atoms with Crippen LogP contribution in [0, 0.1) is 0 Å². The highest BCUT2D eigenvalue weighted by Gasteiger charge is 2.17. The molecule has 11 heteroatoms. The van der Waals surface area contributed by atoms with Crippen molar-refractivity contribution in [2.24, 2.45) is 5.10 Å². The van der Waals surface area contributed by atoms with Crippen LogP contribution in [0.3, 0.4) is 0 Å². The van der Waals surface area contributed by atoms with Crippen LogP contribution in [0.5, 0.6) is 11.5 Å². The lowest BCUT2D eigenvalue weighted by Crippen LogP contribution is -2.20. The number of amides is 1. The smallest absolute Gasteiger partial charge is 0.250 e. The fourth-order valence-electron chi connectivity index (χ4n) is 2.98. The van der Waals surface area contributed by atoms with Crippen molar-refractivity contribution in [3.05, 3.63) is 77.0 Å². The third kappa shape index (κ3) is 5.61. The minimum Gasteiger partial charge on any atom is -0.504 e. The van der Waals surface area contributed by atoms with E-state index in [2.05, 4.69) is 41.6 Å². The molecule has 172 valence electrons. The molecule has 0 saturated heterocycles. The molecule has 0 spiro atoms. The average molecular weight is 539 g/mol. The highest BCUT2D eigenvalue weighted by atomic mass is 79.9. The minimum atomic E-state index is -0.305. The first-order valence-corrected chi connectivity index (χ1v) is 11.8. The number of hydrogen-bond acceptors (Lipinski definition) is 8. The quantitative estimate of drug-likeness (QED) is 0.197. The number of methoxy groups -OCH3 is 1. The van der Waals surface area contributed by atoms with Gasteiger partial charge in [0, 0.05) is 28.1 Å². The number of pyridine rings is 1. The molecule has 0 atom stereocenters. The molecule has 0 bridgehead atoms. The number of thioether (sulfide) groups is 1. The van der Waals surface area contributed by atoms with Gasteiger partial charge in [-0.1, -0.05) is 27.7 Å². The monoisotopic (exact) mass is 538 g/mol. The lowest BCUT2D eigenvalue weighted by atomic mass is 10.2. The maximum absolute atomic E-state index is 12.4. The van der Waals surface area contributed by atoms with Crippen LogP contribution in [-0.4, -0.2) is 49.8 Å². The third-order valence-corrected chi connectivity index (χ3v) is 6.03. The molecular formula is C23H19BrN6O3S. The summed E-state index contributed by atoms with van der Waals surface area (Å²) >= 11 is 4.69. The summed E-state index contributed by atoms with van der Waals surface area (Å²) in [6, 6.07) is 16.2. The van der Waals surface area contributed by atoms with Crippen molar-refractivity contribution < 1.29 is 14.6 Å². The summed E-state index contributed by atoms with van der Waals surface area (Å²) in [7, 11) is 1.46. The van der Waals surface area contributed by atoms with Gasteiger partial charge in [-0.3, -0.25) is 14.3 Å². The minimum absolute atomic E-state index is 0.0284. The van der Waals surface area contributed by atoms with Gasteiger partial charge >= 0.3 is 0 Å². The second-order valence-corrected chi connectivity index (χ2v) is 8.73. The lowest BCUT2D eigenvalue weighted by molar-refractivity contribution is -0.118. The van der Waals surface area contributed by atoms with E-state index in [-0.39, 0.29) is 17.4 Å². The number of benzene rings is 2. The summed E-state index contributed by atoms with van der Waals surface area (Å²) in [5.74, 6) is 0.749. The van der Waals surface area contributed by atoms with E-state index in [4.69, 9.17) is 4.74 Å². The topological polar surface area (TPSA) is 115 Å². The summed E-state index contributed by atoms with van der Waals surface area (Å²) in [5, 5.41) is 22.8. The fourth-order valence-corrected chi connectivity index (χ4v) is 3.99. The Bertz CT molecular complexity index is 1310. The van der Waals surface area contributed by atoms with Crippen LogP contribution in [0.25, 0.3) is 17.1 Å². The maximum Gasteiger partial charge on any atom is 0.250 e. The third-order valence-electron chi connectivity index (χ3n) is 4.58. The molecular weight excluding hydrogens is 520 g/mol. The van der Waals surface area contributed by atoms with Crippen LogP contribution in [-0.2, 0) is 4.79 Å². The van der Waals surface area contributed by atoms with Crippen molar-refractivity contribution in [2.75, 3.05) is 12.9 Å². The predicted octanol–water partition coefficient (Wildman–Crippen LogP) is 4.05. The summed E-state index contributed by atoms with van der Waals surface area (Å²) in [4.78, 5) is 16.5. The molecule has 0 unspecified atom stereocenters. The Labute approximate surface area is 208 Å². The lowest BCUT2D eigenvalue weighted by Gasteiger charge is -2.10. The van der Waals surface area contributed by atoms with Gasteiger partial charge in [-0.15, -0.1) is 10.2 Å². The van der Waals surface area contributed by atoms with Crippen LogP contribution in [0.1, 0.15) is 5.56 Å². The van der Waals surface area contributed by atoms with Gasteiger partial charge in [0.2, 0.25) is 0 Å². The van der Waals surface area contributed by atoms with E-state index < -0.39 is 0 Å². The molecule has 34 heavy (non-hydrogen) atoms. The van der Waals surface area contributed by atoms with E-state index in [0.717, 1.165) is 15.7 Å². The van der Waals surface area contributed by atoms with Crippen molar-refractivity contribution in [1.82, 2.24) is 25.2 Å². The number of rotatable bonds is 8. The molecule has 2 N–H and O–H groups in total. The van der Waals surface area contributed by atoms with E-state index in [1.807, 2.05) is 41.0 Å². The van der Waals surface area contributed by atoms with Crippen LogP contribution < -0.4 is 10.2 Å². The molecule has 2 aromatic carbocycles. The molecule has 0 aliphatic carbocycles. The Morgan fingerprint density at radius 2 is 2.06 bits per heavy atom. The predicted molar refractivity (Wildman–Crippen MR) is 133 cm³/mol. The fraction of sp³-hybridized carbons (Fsp3) is 0.0870. The van der Waals surface area contributed by atoms with E-state index in [1.165, 1.54) is 31.2 Å². The van der Waals surface area contributed by atoms with E-state index in [0.29, 0.717) is 22.3 Å². The molecule has 1 amide bonds. The van der Waals surface area contributed by atoms with Crippen molar-refractivity contribution in [3.63, 3.8) is 0 Å². The number of halogens is 1. The maximum atomic E-state index is 12.4. The largest absolute Gasteiger partial charge is 0.504 e. The summed E-state index contributed by atoms with van der Waals surface area (Å²) in [6.45, 7) is 0. The molecule has 9 nitrogen and oxygen atoms in total. The molecule has 4 rings (SSSR count). The Hall–Kier alpha value is -3.70. The first-order valence-electron chi connectivity index (χ1n) is 9.98. The highest BCUT2D eigenvalue weighted by Crippen LogP contribution is 2.28. The number of aromatic nitrogens is 4. The Kier molecular flexibility index (Phi) is 7.55. The Morgan fingerprint density at radius 1 is 1.24 bits per heavy atom. The van der Waals surface area contributed by atoms with Crippen molar-refractivity contribution in [1.29, 1.82) is 0 Å². The molecule has 0 fully saturated rings. The normalized spacial score (nSPS) is 11.0. The molecule has 0 aliphatic heterocycles. The number of nitrogens with zero attached hydrogens (tertiary/aromatic N) is 5. The van der Waals surface area contributed by atoms with E-state index in [1.54, 1.807) is 24.5 Å². The standard InChI is InChI=1S/C23H19BrN6O3S/c1-33-20-11-15(4-9-19(20)31)12-26-27-21(32)14-34-23-29-28-22(16-3-2-10-25-13-16)30(23)18-7-5-17(24)6-8-18/h2-13,31H,14H2,1H3,(H,27,32). The number of nitrogens with one attached hydrogen (secondary N) is 1. The Morgan fingerprint density at radius 3 is 2.79 bits per heavy atom. The average Bonchev–Trinajstić information content (AvgIpc) is 3.29. The second kappa shape index (κ2) is 10.9. The number of hydrazone groups is 1. The highest BCUT2D eigenvalue weighted by molar-refractivity contribution is 9.10. The van der Waals surface area contributed by atoms with Crippen molar-refractivity contribution >= 4 is 39.8 Å². The number of phenols is 1. The van der Waals surface area contributed by atoms with E-state index in [9.17, 15) is 9.90 Å². The number of carbonyl (C=O) groups is 1. The van der Waals surface area contributed by atoms with Crippen LogP contribution in [0.4, 0.5) is 0 Å². The van der Waals surface area contributed by atoms with Gasteiger partial charge in [0.05, 0.1) is 19.1 Å². The molecule has 2 heterocycles. The number of carbonyl (C=O) groups excluding carboxylic acids is 1. The van der Waals surface area contributed by atoms with Gasteiger partial charge in [0.25, 0.3) is 5.91 Å².